The van der Waals surface area contributed by atoms with Gasteiger partial charge in [-0.1, -0.05) is 17.4 Å². The fourth-order valence-electron chi connectivity index (χ4n) is 3.96. The van der Waals surface area contributed by atoms with Crippen LogP contribution in [0.1, 0.15) is 37.0 Å². The molecular weight excluding hydrogens is 474 g/mol. The lowest BCUT2D eigenvalue weighted by Crippen LogP contribution is -2.27. The highest BCUT2D eigenvalue weighted by Crippen LogP contribution is 2.28. The van der Waals surface area contributed by atoms with Crippen LogP contribution in [0.25, 0.3) is 10.2 Å². The van der Waals surface area contributed by atoms with Gasteiger partial charge in [0, 0.05) is 31.8 Å². The Hall–Kier alpha value is -2.53. The Morgan fingerprint density at radius 3 is 2.47 bits per heavy atom. The number of carbonyl (C=O) groups is 1. The van der Waals surface area contributed by atoms with Crippen LogP contribution >= 0.6 is 11.3 Å². The Morgan fingerprint density at radius 2 is 1.79 bits per heavy atom. The average Bonchev–Trinajstić information content (AvgIpc) is 3.49. The number of para-hydroxylation sites is 1. The quantitative estimate of drug-likeness (QED) is 0.416. The first-order valence-electron chi connectivity index (χ1n) is 11.5. The fourth-order valence-corrected chi connectivity index (χ4v) is 6.55. The summed E-state index contributed by atoms with van der Waals surface area (Å²) in [6.45, 7) is 7.07. The first kappa shape index (κ1) is 24.6. The first-order valence-corrected chi connectivity index (χ1v) is 13.7. The molecule has 4 rings (SSSR count). The molecule has 34 heavy (non-hydrogen) atoms. The van der Waals surface area contributed by atoms with Gasteiger partial charge in [0.15, 0.2) is 4.80 Å². The van der Waals surface area contributed by atoms with E-state index in [4.69, 9.17) is 9.47 Å². The number of fused-ring (bicyclic) bond motifs is 1. The molecule has 2 aromatic carbocycles. The van der Waals surface area contributed by atoms with Gasteiger partial charge in [0.1, 0.15) is 11.3 Å². The highest BCUT2D eigenvalue weighted by Gasteiger charge is 2.27. The monoisotopic (exact) mass is 503 g/mol. The molecule has 0 unspecified atom stereocenters. The lowest BCUT2D eigenvalue weighted by molar-refractivity contribution is 0.0996. The van der Waals surface area contributed by atoms with Crippen molar-refractivity contribution >= 4 is 37.5 Å². The summed E-state index contributed by atoms with van der Waals surface area (Å²) >= 11 is 1.41. The summed E-state index contributed by atoms with van der Waals surface area (Å²) in [6, 6.07) is 11.8. The summed E-state index contributed by atoms with van der Waals surface area (Å²) in [6.07, 6.45) is 1.75. The number of nitrogens with zero attached hydrogens (tertiary/aromatic N) is 3. The number of hydrogen-bond donors (Lipinski definition) is 0. The minimum atomic E-state index is -3.53. The number of rotatable bonds is 9. The van der Waals surface area contributed by atoms with Crippen molar-refractivity contribution in [3.8, 4) is 5.75 Å². The second-order valence-corrected chi connectivity index (χ2v) is 10.8. The fraction of sp³-hybridized carbons (Fsp3) is 0.417. The smallest absolute Gasteiger partial charge is 0.279 e. The summed E-state index contributed by atoms with van der Waals surface area (Å²) in [5.74, 6) is 0.304. The maximum Gasteiger partial charge on any atom is 0.279 e. The number of aromatic nitrogens is 1. The van der Waals surface area contributed by atoms with Gasteiger partial charge >= 0.3 is 0 Å². The van der Waals surface area contributed by atoms with Crippen LogP contribution in [-0.2, 0) is 21.3 Å². The van der Waals surface area contributed by atoms with E-state index in [0.717, 1.165) is 28.8 Å². The molecule has 0 bridgehead atoms. The van der Waals surface area contributed by atoms with E-state index in [0.29, 0.717) is 49.8 Å². The van der Waals surface area contributed by atoms with E-state index in [-0.39, 0.29) is 4.90 Å². The molecule has 8 nitrogen and oxygen atoms in total. The first-order chi connectivity index (χ1) is 16.5. The van der Waals surface area contributed by atoms with E-state index in [1.807, 2.05) is 36.6 Å². The largest absolute Gasteiger partial charge is 0.492 e. The molecule has 1 aliphatic rings. The van der Waals surface area contributed by atoms with E-state index in [1.54, 1.807) is 0 Å². The third-order valence-corrected chi connectivity index (χ3v) is 8.58. The predicted octanol–water partition coefficient (Wildman–Crippen LogP) is 3.66. The predicted molar refractivity (Wildman–Crippen MR) is 132 cm³/mol. The lowest BCUT2D eigenvalue weighted by atomic mass is 10.2. The van der Waals surface area contributed by atoms with Gasteiger partial charge < -0.3 is 14.0 Å². The van der Waals surface area contributed by atoms with Crippen LogP contribution in [0.15, 0.2) is 52.4 Å². The molecular formula is C24H29N3O5S2. The molecule has 2 heterocycles. The maximum absolute atomic E-state index is 13.0. The third kappa shape index (κ3) is 5.10. The van der Waals surface area contributed by atoms with Crippen molar-refractivity contribution in [3.63, 3.8) is 0 Å². The van der Waals surface area contributed by atoms with Gasteiger partial charge in [-0.25, -0.2) is 8.42 Å². The second-order valence-electron chi connectivity index (χ2n) is 7.82. The van der Waals surface area contributed by atoms with Gasteiger partial charge in [-0.3, -0.25) is 4.79 Å². The molecule has 10 heteroatoms. The van der Waals surface area contributed by atoms with E-state index >= 15 is 0 Å². The highest BCUT2D eigenvalue weighted by atomic mass is 32.2. The van der Waals surface area contributed by atoms with E-state index in [1.165, 1.54) is 39.9 Å². The Kier molecular flexibility index (Phi) is 7.82. The number of benzene rings is 2. The topological polar surface area (TPSA) is 90.2 Å². The standard InChI is InChI=1S/C24H29N3O5S2/c1-3-31-17-16-27-22-20(32-4-2)8-7-9-21(22)33-24(27)25-23(28)18-10-12-19(13-11-18)34(29,30)26-14-5-6-15-26/h7-13H,3-6,14-17H2,1-2H3. The normalized spacial score (nSPS) is 15.3. The summed E-state index contributed by atoms with van der Waals surface area (Å²) in [5, 5.41) is 0. The number of thiazole rings is 1. The molecule has 1 amide bonds. The van der Waals surface area contributed by atoms with Gasteiger partial charge in [-0.15, -0.1) is 0 Å². The van der Waals surface area contributed by atoms with Gasteiger partial charge in [0.25, 0.3) is 5.91 Å². The number of amides is 1. The lowest BCUT2D eigenvalue weighted by Gasteiger charge is -2.15. The molecule has 0 radical (unpaired) electrons. The minimum Gasteiger partial charge on any atom is -0.492 e. The summed E-state index contributed by atoms with van der Waals surface area (Å²) in [7, 11) is -3.53. The zero-order chi connectivity index (χ0) is 24.1. The Balaban J connectivity index is 1.68. The molecule has 1 aliphatic heterocycles. The van der Waals surface area contributed by atoms with Crippen molar-refractivity contribution in [2.24, 2.45) is 4.99 Å². The zero-order valence-electron chi connectivity index (χ0n) is 19.4. The van der Waals surface area contributed by atoms with Crippen LogP contribution in [0.5, 0.6) is 5.75 Å². The summed E-state index contributed by atoms with van der Waals surface area (Å²) in [4.78, 5) is 18.1. The molecule has 1 fully saturated rings. The molecule has 1 aromatic heterocycles. The Bertz CT molecular complexity index is 1320. The minimum absolute atomic E-state index is 0.195. The third-order valence-electron chi connectivity index (χ3n) is 5.63. The maximum atomic E-state index is 13.0. The SMILES string of the molecule is CCOCCn1c(=NC(=O)c2ccc(S(=O)(=O)N3CCCC3)cc2)sc2cccc(OCC)c21. The van der Waals surface area contributed by atoms with Gasteiger partial charge in [0.05, 0.1) is 22.8 Å². The van der Waals surface area contributed by atoms with Crippen LogP contribution < -0.4 is 9.54 Å². The van der Waals surface area contributed by atoms with E-state index in [2.05, 4.69) is 4.99 Å². The van der Waals surface area contributed by atoms with Crippen LogP contribution in [0, 0.1) is 0 Å². The Morgan fingerprint density at radius 1 is 1.06 bits per heavy atom. The second kappa shape index (κ2) is 10.8. The van der Waals surface area contributed by atoms with Crippen LogP contribution in [0.2, 0.25) is 0 Å². The number of hydrogen-bond acceptors (Lipinski definition) is 6. The van der Waals surface area contributed by atoms with Crippen molar-refractivity contribution in [2.45, 2.75) is 38.1 Å². The molecule has 0 spiro atoms. The van der Waals surface area contributed by atoms with Gasteiger partial charge in [-0.2, -0.15) is 9.30 Å². The molecule has 3 aromatic rings. The highest BCUT2D eigenvalue weighted by molar-refractivity contribution is 7.89. The average molecular weight is 504 g/mol. The van der Waals surface area contributed by atoms with Gasteiger partial charge in [-0.05, 0) is 63.1 Å². The molecule has 0 aliphatic carbocycles. The molecule has 0 saturated carbocycles. The molecule has 0 N–H and O–H groups in total. The van der Waals surface area contributed by atoms with E-state index in [9.17, 15) is 13.2 Å². The van der Waals surface area contributed by atoms with Crippen molar-refractivity contribution in [1.82, 2.24) is 8.87 Å². The van der Waals surface area contributed by atoms with Crippen LogP contribution in [0.4, 0.5) is 0 Å². The summed E-state index contributed by atoms with van der Waals surface area (Å²) < 4.78 is 41.3. The van der Waals surface area contributed by atoms with Crippen molar-refractivity contribution in [1.29, 1.82) is 0 Å². The van der Waals surface area contributed by atoms with Crippen molar-refractivity contribution in [3.05, 3.63) is 52.8 Å². The number of ether oxygens (including phenoxy) is 2. The Labute approximate surface area is 203 Å². The van der Waals surface area contributed by atoms with Crippen LogP contribution in [-0.4, -0.2) is 56.1 Å². The molecule has 1 saturated heterocycles. The van der Waals surface area contributed by atoms with Crippen LogP contribution in [0.3, 0.4) is 0 Å². The molecule has 182 valence electrons. The number of sulfonamides is 1. The zero-order valence-corrected chi connectivity index (χ0v) is 21.0. The molecule has 0 atom stereocenters. The van der Waals surface area contributed by atoms with Crippen molar-refractivity contribution in [2.75, 3.05) is 32.9 Å². The van der Waals surface area contributed by atoms with E-state index < -0.39 is 15.9 Å². The van der Waals surface area contributed by atoms with Crippen molar-refractivity contribution < 1.29 is 22.7 Å². The number of carbonyl (C=O) groups excluding carboxylic acids is 1. The van der Waals surface area contributed by atoms with Gasteiger partial charge in [0.2, 0.25) is 10.0 Å². The summed E-state index contributed by atoms with van der Waals surface area (Å²) in [5.41, 5.74) is 1.21.